The van der Waals surface area contributed by atoms with E-state index in [9.17, 15) is 8.42 Å². The van der Waals surface area contributed by atoms with Gasteiger partial charge in [-0.1, -0.05) is 25.4 Å². The number of hydrogen-bond donors (Lipinski definition) is 3. The van der Waals surface area contributed by atoms with Gasteiger partial charge in [-0.2, -0.15) is 0 Å². The molecule has 16 heavy (non-hydrogen) atoms. The Balaban J connectivity index is 4.79. The van der Waals surface area contributed by atoms with Crippen molar-refractivity contribution < 1.29 is 13.6 Å². The molecule has 7 heteroatoms. The van der Waals surface area contributed by atoms with Gasteiger partial charge in [0.05, 0.1) is 11.3 Å². The summed E-state index contributed by atoms with van der Waals surface area (Å²) in [7, 11) is -3.39. The Bertz CT molecular complexity index is 340. The Morgan fingerprint density at radius 2 is 2.06 bits per heavy atom. The van der Waals surface area contributed by atoms with Crippen LogP contribution in [0.2, 0.25) is 0 Å². The van der Waals surface area contributed by atoms with Crippen molar-refractivity contribution in [3.05, 3.63) is 0 Å². The SMILES string of the molecule is CCCCS(=O)(=O)NC(C)(CC)/C(N)=N/O. The van der Waals surface area contributed by atoms with Crippen LogP contribution in [0.1, 0.15) is 40.0 Å². The molecule has 0 fully saturated rings. The maximum atomic E-state index is 11.7. The summed E-state index contributed by atoms with van der Waals surface area (Å²) in [4.78, 5) is 0. The highest BCUT2D eigenvalue weighted by Gasteiger charge is 2.32. The van der Waals surface area contributed by atoms with E-state index in [1.165, 1.54) is 0 Å². The van der Waals surface area contributed by atoms with Gasteiger partial charge in [0, 0.05) is 0 Å². The van der Waals surface area contributed by atoms with Gasteiger partial charge in [0.1, 0.15) is 0 Å². The summed E-state index contributed by atoms with van der Waals surface area (Å²) in [6.07, 6.45) is 1.80. The van der Waals surface area contributed by atoms with Crippen LogP contribution in [0.4, 0.5) is 0 Å². The number of rotatable bonds is 7. The summed E-state index contributed by atoms with van der Waals surface area (Å²) in [5.74, 6) is -0.0762. The summed E-state index contributed by atoms with van der Waals surface area (Å²) < 4.78 is 25.8. The number of sulfonamides is 1. The molecule has 0 aliphatic carbocycles. The molecule has 0 amide bonds. The molecule has 0 aromatic carbocycles. The molecule has 0 aromatic heterocycles. The summed E-state index contributed by atoms with van der Waals surface area (Å²) in [5.41, 5.74) is 4.44. The number of amidine groups is 1. The van der Waals surface area contributed by atoms with Crippen molar-refractivity contribution in [3.63, 3.8) is 0 Å². The standard InChI is InChI=1S/C9H21N3O3S/c1-4-6-7-16(14,15)12-9(3,5-2)8(10)11-13/h12-13H,4-7H2,1-3H3,(H2,10,11). The van der Waals surface area contributed by atoms with Gasteiger partial charge < -0.3 is 10.9 Å². The van der Waals surface area contributed by atoms with Gasteiger partial charge in [-0.15, -0.1) is 0 Å². The lowest BCUT2D eigenvalue weighted by Gasteiger charge is -2.27. The Hall–Kier alpha value is -0.820. The van der Waals surface area contributed by atoms with Crippen LogP contribution in [0, 0.1) is 0 Å². The molecule has 0 rings (SSSR count). The topological polar surface area (TPSA) is 105 Å². The number of nitrogens with two attached hydrogens (primary N) is 1. The van der Waals surface area contributed by atoms with Crippen LogP contribution >= 0.6 is 0 Å². The zero-order chi connectivity index (χ0) is 12.8. The van der Waals surface area contributed by atoms with Crippen molar-refractivity contribution in [2.75, 3.05) is 5.75 Å². The summed E-state index contributed by atoms with van der Waals surface area (Å²) in [6, 6.07) is 0. The van der Waals surface area contributed by atoms with Crippen LogP contribution in [-0.2, 0) is 10.0 Å². The second kappa shape index (κ2) is 6.05. The minimum absolute atomic E-state index is 0.0534. The lowest BCUT2D eigenvalue weighted by Crippen LogP contribution is -2.55. The largest absolute Gasteiger partial charge is 0.409 e. The molecule has 6 nitrogen and oxygen atoms in total. The Morgan fingerprint density at radius 3 is 2.44 bits per heavy atom. The third-order valence-electron chi connectivity index (χ3n) is 2.53. The maximum Gasteiger partial charge on any atom is 0.212 e. The summed E-state index contributed by atoms with van der Waals surface area (Å²) >= 11 is 0. The third-order valence-corrected chi connectivity index (χ3v) is 4.12. The molecule has 4 N–H and O–H groups in total. The van der Waals surface area contributed by atoms with E-state index in [1.54, 1.807) is 13.8 Å². The molecule has 0 heterocycles. The minimum Gasteiger partial charge on any atom is -0.409 e. The van der Waals surface area contributed by atoms with Gasteiger partial charge in [-0.05, 0) is 19.8 Å². The van der Waals surface area contributed by atoms with Crippen LogP contribution in [0.5, 0.6) is 0 Å². The van der Waals surface area contributed by atoms with E-state index >= 15 is 0 Å². The molecule has 0 aliphatic rings. The van der Waals surface area contributed by atoms with E-state index in [-0.39, 0.29) is 11.6 Å². The predicted octanol–water partition coefficient (Wildman–Crippen LogP) is 0.621. The molecule has 0 radical (unpaired) electrons. The molecule has 1 unspecified atom stereocenters. The van der Waals surface area contributed by atoms with Crippen LogP contribution in [0.3, 0.4) is 0 Å². The normalized spacial score (nSPS) is 17.1. The zero-order valence-electron chi connectivity index (χ0n) is 10.0. The first-order chi connectivity index (χ1) is 7.31. The Morgan fingerprint density at radius 1 is 1.50 bits per heavy atom. The van der Waals surface area contributed by atoms with Gasteiger partial charge in [0.2, 0.25) is 10.0 Å². The van der Waals surface area contributed by atoms with E-state index in [1.807, 2.05) is 6.92 Å². The molecule has 96 valence electrons. The van der Waals surface area contributed by atoms with Crippen molar-refractivity contribution >= 4 is 15.9 Å². The number of hydrogen-bond acceptors (Lipinski definition) is 4. The summed E-state index contributed by atoms with van der Waals surface area (Å²) in [5, 5.41) is 11.5. The molecule has 0 aliphatic heterocycles. The quantitative estimate of drug-likeness (QED) is 0.267. The fourth-order valence-electron chi connectivity index (χ4n) is 1.14. The highest BCUT2D eigenvalue weighted by Crippen LogP contribution is 2.12. The van der Waals surface area contributed by atoms with Crippen molar-refractivity contribution in [1.29, 1.82) is 0 Å². The Labute approximate surface area is 97.0 Å². The smallest absolute Gasteiger partial charge is 0.212 e. The second-order valence-electron chi connectivity index (χ2n) is 3.95. The highest BCUT2D eigenvalue weighted by atomic mass is 32.2. The van der Waals surface area contributed by atoms with Crippen molar-refractivity contribution in [3.8, 4) is 0 Å². The highest BCUT2D eigenvalue weighted by molar-refractivity contribution is 7.89. The molecular weight excluding hydrogens is 230 g/mol. The van der Waals surface area contributed by atoms with Gasteiger partial charge in [0.15, 0.2) is 5.84 Å². The van der Waals surface area contributed by atoms with E-state index < -0.39 is 15.6 Å². The van der Waals surface area contributed by atoms with E-state index in [4.69, 9.17) is 10.9 Å². The van der Waals surface area contributed by atoms with Gasteiger partial charge in [0.25, 0.3) is 0 Å². The van der Waals surface area contributed by atoms with Gasteiger partial charge >= 0.3 is 0 Å². The summed E-state index contributed by atoms with van der Waals surface area (Å²) in [6.45, 7) is 5.27. The molecule has 0 saturated heterocycles. The number of nitrogens with zero attached hydrogens (tertiary/aromatic N) is 1. The van der Waals surface area contributed by atoms with Crippen molar-refractivity contribution in [2.45, 2.75) is 45.6 Å². The van der Waals surface area contributed by atoms with Gasteiger partial charge in [-0.25, -0.2) is 13.1 Å². The molecule has 1 atom stereocenters. The fraction of sp³-hybridized carbons (Fsp3) is 0.889. The first-order valence-electron chi connectivity index (χ1n) is 5.31. The van der Waals surface area contributed by atoms with Crippen LogP contribution in [0.15, 0.2) is 5.16 Å². The molecular formula is C9H21N3O3S. The maximum absolute atomic E-state index is 11.7. The second-order valence-corrected chi connectivity index (χ2v) is 5.79. The van der Waals surface area contributed by atoms with Crippen LogP contribution in [-0.4, -0.2) is 30.8 Å². The minimum atomic E-state index is -3.39. The van der Waals surface area contributed by atoms with Crippen molar-refractivity contribution in [1.82, 2.24) is 4.72 Å². The van der Waals surface area contributed by atoms with Crippen LogP contribution in [0.25, 0.3) is 0 Å². The molecule has 0 bridgehead atoms. The predicted molar refractivity (Wildman–Crippen MR) is 63.9 cm³/mol. The number of nitrogens with one attached hydrogen (secondary N) is 1. The van der Waals surface area contributed by atoms with Gasteiger partial charge in [-0.3, -0.25) is 0 Å². The fourth-order valence-corrected chi connectivity index (χ4v) is 2.85. The van der Waals surface area contributed by atoms with Crippen molar-refractivity contribution in [2.24, 2.45) is 10.9 Å². The lowest BCUT2D eigenvalue weighted by atomic mass is 10.00. The third kappa shape index (κ3) is 4.36. The van der Waals surface area contributed by atoms with E-state index in [0.29, 0.717) is 12.8 Å². The monoisotopic (exact) mass is 251 g/mol. The molecule has 0 saturated carbocycles. The zero-order valence-corrected chi connectivity index (χ0v) is 10.8. The lowest BCUT2D eigenvalue weighted by molar-refractivity contribution is 0.310. The van der Waals surface area contributed by atoms with Crippen LogP contribution < -0.4 is 10.5 Å². The molecule has 0 aromatic rings. The average molecular weight is 251 g/mol. The average Bonchev–Trinajstić information content (AvgIpc) is 2.24. The first-order valence-corrected chi connectivity index (χ1v) is 6.96. The number of oxime groups is 1. The Kier molecular flexibility index (Phi) is 5.74. The number of unbranched alkanes of at least 4 members (excludes halogenated alkanes) is 1. The van der Waals surface area contributed by atoms with E-state index in [0.717, 1.165) is 6.42 Å². The molecule has 0 spiro atoms. The van der Waals surface area contributed by atoms with E-state index in [2.05, 4.69) is 9.88 Å². The first kappa shape index (κ1) is 15.2.